The summed E-state index contributed by atoms with van der Waals surface area (Å²) in [4.78, 5) is 14.4. The molecule has 1 aliphatic rings. The van der Waals surface area contributed by atoms with Gasteiger partial charge in [-0.1, -0.05) is 33.6 Å². The summed E-state index contributed by atoms with van der Waals surface area (Å²) >= 11 is 9.74. The van der Waals surface area contributed by atoms with Crippen molar-refractivity contribution in [1.82, 2.24) is 0 Å². The Morgan fingerprint density at radius 2 is 1.96 bits per heavy atom. The lowest BCUT2D eigenvalue weighted by Gasteiger charge is -2.29. The Morgan fingerprint density at radius 3 is 2.65 bits per heavy atom. The van der Waals surface area contributed by atoms with Crippen molar-refractivity contribution in [1.29, 1.82) is 0 Å². The molecule has 1 heterocycles. The van der Waals surface area contributed by atoms with E-state index < -0.39 is 0 Å². The molecule has 23 heavy (non-hydrogen) atoms. The predicted octanol–water partition coefficient (Wildman–Crippen LogP) is 4.19. The highest BCUT2D eigenvalue weighted by atomic mass is 79.9. The summed E-state index contributed by atoms with van der Waals surface area (Å²) < 4.78 is 6.22. The molecule has 1 aliphatic heterocycles. The SMILES string of the molecule is O=C(Nc1ccc(N2CCOCC2)c(Cl)c1)c1cccc(Br)c1. The molecule has 0 bridgehead atoms. The number of nitrogens with one attached hydrogen (secondary N) is 1. The first-order chi connectivity index (χ1) is 11.1. The van der Waals surface area contributed by atoms with E-state index in [9.17, 15) is 4.79 Å². The number of morpholine rings is 1. The predicted molar refractivity (Wildman–Crippen MR) is 96.6 cm³/mol. The summed E-state index contributed by atoms with van der Waals surface area (Å²) in [6.07, 6.45) is 0. The quantitative estimate of drug-likeness (QED) is 0.847. The second-order valence-corrected chi connectivity index (χ2v) is 6.55. The first kappa shape index (κ1) is 16.3. The van der Waals surface area contributed by atoms with E-state index in [0.29, 0.717) is 29.5 Å². The van der Waals surface area contributed by atoms with Crippen LogP contribution in [-0.4, -0.2) is 32.2 Å². The summed E-state index contributed by atoms with van der Waals surface area (Å²) in [5.41, 5.74) is 2.24. The van der Waals surface area contributed by atoms with Crippen molar-refractivity contribution in [2.24, 2.45) is 0 Å². The van der Waals surface area contributed by atoms with Gasteiger partial charge in [0.25, 0.3) is 5.91 Å². The van der Waals surface area contributed by atoms with Gasteiger partial charge in [-0.05, 0) is 36.4 Å². The van der Waals surface area contributed by atoms with E-state index in [1.54, 1.807) is 18.2 Å². The van der Waals surface area contributed by atoms with Crippen LogP contribution in [0.15, 0.2) is 46.9 Å². The number of carbonyl (C=O) groups excluding carboxylic acids is 1. The lowest BCUT2D eigenvalue weighted by Crippen LogP contribution is -2.36. The molecule has 4 nitrogen and oxygen atoms in total. The van der Waals surface area contributed by atoms with Crippen molar-refractivity contribution >= 4 is 44.8 Å². The smallest absolute Gasteiger partial charge is 0.255 e. The molecule has 0 aliphatic carbocycles. The van der Waals surface area contributed by atoms with E-state index in [1.165, 1.54) is 0 Å². The minimum Gasteiger partial charge on any atom is -0.378 e. The van der Waals surface area contributed by atoms with Gasteiger partial charge in [0.05, 0.1) is 23.9 Å². The van der Waals surface area contributed by atoms with Crippen LogP contribution in [0.5, 0.6) is 0 Å². The zero-order valence-electron chi connectivity index (χ0n) is 12.4. The maximum atomic E-state index is 12.3. The van der Waals surface area contributed by atoms with Crippen LogP contribution in [0.25, 0.3) is 0 Å². The van der Waals surface area contributed by atoms with Crippen LogP contribution < -0.4 is 10.2 Å². The topological polar surface area (TPSA) is 41.6 Å². The summed E-state index contributed by atoms with van der Waals surface area (Å²) in [5, 5.41) is 3.49. The third-order valence-electron chi connectivity index (χ3n) is 3.64. The highest BCUT2D eigenvalue weighted by Crippen LogP contribution is 2.29. The fraction of sp³-hybridized carbons (Fsp3) is 0.235. The monoisotopic (exact) mass is 394 g/mol. The van der Waals surface area contributed by atoms with Crippen molar-refractivity contribution < 1.29 is 9.53 Å². The largest absolute Gasteiger partial charge is 0.378 e. The van der Waals surface area contributed by atoms with E-state index in [4.69, 9.17) is 16.3 Å². The molecule has 1 saturated heterocycles. The highest BCUT2D eigenvalue weighted by molar-refractivity contribution is 9.10. The van der Waals surface area contributed by atoms with Crippen LogP contribution in [0.2, 0.25) is 5.02 Å². The van der Waals surface area contributed by atoms with Crippen LogP contribution in [-0.2, 0) is 4.74 Å². The maximum absolute atomic E-state index is 12.3. The summed E-state index contributed by atoms with van der Waals surface area (Å²) in [6, 6.07) is 12.8. The number of ether oxygens (including phenoxy) is 1. The Kier molecular flexibility index (Phi) is 5.20. The number of halogens is 2. The molecular formula is C17H16BrClN2O2. The third kappa shape index (κ3) is 4.05. The molecule has 3 rings (SSSR count). The van der Waals surface area contributed by atoms with Gasteiger partial charge in [0.2, 0.25) is 0 Å². The van der Waals surface area contributed by atoms with Crippen molar-refractivity contribution in [2.45, 2.75) is 0 Å². The Labute approximate surface area is 148 Å². The fourth-order valence-corrected chi connectivity index (χ4v) is 3.18. The average molecular weight is 396 g/mol. The normalized spacial score (nSPS) is 14.6. The van der Waals surface area contributed by atoms with Crippen molar-refractivity contribution in [2.75, 3.05) is 36.5 Å². The van der Waals surface area contributed by atoms with Crippen LogP contribution in [0.3, 0.4) is 0 Å². The number of benzene rings is 2. The standard InChI is InChI=1S/C17H16BrClN2O2/c18-13-3-1-2-12(10-13)17(22)20-14-4-5-16(15(19)11-14)21-6-8-23-9-7-21/h1-5,10-11H,6-9H2,(H,20,22). The molecule has 2 aromatic carbocycles. The zero-order valence-corrected chi connectivity index (χ0v) is 14.7. The van der Waals surface area contributed by atoms with Gasteiger partial charge >= 0.3 is 0 Å². The van der Waals surface area contributed by atoms with Gasteiger partial charge in [-0.15, -0.1) is 0 Å². The molecule has 0 unspecified atom stereocenters. The average Bonchev–Trinajstić information content (AvgIpc) is 2.56. The molecule has 1 amide bonds. The van der Waals surface area contributed by atoms with Crippen LogP contribution in [0.1, 0.15) is 10.4 Å². The Hall–Kier alpha value is -1.56. The van der Waals surface area contributed by atoms with Gasteiger partial charge in [-0.2, -0.15) is 0 Å². The lowest BCUT2D eigenvalue weighted by atomic mass is 10.2. The Morgan fingerprint density at radius 1 is 1.17 bits per heavy atom. The van der Waals surface area contributed by atoms with E-state index in [1.807, 2.05) is 24.3 Å². The molecule has 120 valence electrons. The molecule has 2 aromatic rings. The summed E-state index contributed by atoms with van der Waals surface area (Å²) in [7, 11) is 0. The molecule has 0 atom stereocenters. The molecule has 1 fully saturated rings. The van der Waals surface area contributed by atoms with Gasteiger partial charge in [-0.3, -0.25) is 4.79 Å². The van der Waals surface area contributed by atoms with Crippen LogP contribution in [0.4, 0.5) is 11.4 Å². The number of anilines is 2. The molecular weight excluding hydrogens is 380 g/mol. The zero-order chi connectivity index (χ0) is 16.2. The number of hydrogen-bond acceptors (Lipinski definition) is 3. The van der Waals surface area contributed by atoms with Gasteiger partial charge < -0.3 is 15.0 Å². The fourth-order valence-electron chi connectivity index (χ4n) is 2.48. The lowest BCUT2D eigenvalue weighted by molar-refractivity contribution is 0.102. The van der Waals surface area contributed by atoms with Gasteiger partial charge in [0.1, 0.15) is 0 Å². The molecule has 0 radical (unpaired) electrons. The second kappa shape index (κ2) is 7.34. The second-order valence-electron chi connectivity index (χ2n) is 5.23. The maximum Gasteiger partial charge on any atom is 0.255 e. The Bertz CT molecular complexity index is 717. The van der Waals surface area contributed by atoms with Gasteiger partial charge in [0, 0.05) is 28.8 Å². The number of amides is 1. The summed E-state index contributed by atoms with van der Waals surface area (Å²) in [5.74, 6) is -0.165. The molecule has 0 spiro atoms. The number of nitrogens with zero attached hydrogens (tertiary/aromatic N) is 1. The molecule has 0 saturated carbocycles. The number of rotatable bonds is 3. The number of carbonyl (C=O) groups is 1. The van der Waals surface area contributed by atoms with Crippen molar-refractivity contribution in [3.8, 4) is 0 Å². The highest BCUT2D eigenvalue weighted by Gasteiger charge is 2.15. The molecule has 1 N–H and O–H groups in total. The van der Waals surface area contributed by atoms with Gasteiger partial charge in [-0.25, -0.2) is 0 Å². The minimum atomic E-state index is -0.165. The Balaban J connectivity index is 1.73. The molecule has 6 heteroatoms. The van der Waals surface area contributed by atoms with Crippen molar-refractivity contribution in [3.63, 3.8) is 0 Å². The first-order valence-corrected chi connectivity index (χ1v) is 8.50. The number of hydrogen-bond donors (Lipinski definition) is 1. The molecule has 0 aromatic heterocycles. The minimum absolute atomic E-state index is 0.165. The van der Waals surface area contributed by atoms with Gasteiger partial charge in [0.15, 0.2) is 0 Å². The van der Waals surface area contributed by atoms with Crippen molar-refractivity contribution in [3.05, 3.63) is 57.5 Å². The van der Waals surface area contributed by atoms with E-state index >= 15 is 0 Å². The van der Waals surface area contributed by atoms with Crippen LogP contribution in [0, 0.1) is 0 Å². The first-order valence-electron chi connectivity index (χ1n) is 7.32. The summed E-state index contributed by atoms with van der Waals surface area (Å²) in [6.45, 7) is 3.06. The third-order valence-corrected chi connectivity index (χ3v) is 4.44. The van der Waals surface area contributed by atoms with E-state index in [2.05, 4.69) is 26.1 Å². The van der Waals surface area contributed by atoms with E-state index in [-0.39, 0.29) is 5.91 Å². The van der Waals surface area contributed by atoms with E-state index in [0.717, 1.165) is 23.2 Å². The van der Waals surface area contributed by atoms with Crippen LogP contribution >= 0.6 is 27.5 Å².